The number of rotatable bonds is 1. The third kappa shape index (κ3) is 0.884. The van der Waals surface area contributed by atoms with Crippen molar-refractivity contribution in [2.24, 2.45) is 5.92 Å². The van der Waals surface area contributed by atoms with E-state index in [9.17, 15) is 0 Å². The monoisotopic (exact) mass is 126 g/mol. The number of ether oxygens (including phenoxy) is 1. The van der Waals surface area contributed by atoms with E-state index in [2.05, 4.69) is 6.08 Å². The second-order valence-corrected chi connectivity index (χ2v) is 2.70. The van der Waals surface area contributed by atoms with Crippen molar-refractivity contribution in [3.63, 3.8) is 0 Å². The number of hydrogen-bond acceptors (Lipinski definition) is 2. The van der Waals surface area contributed by atoms with Gasteiger partial charge < -0.3 is 9.84 Å². The number of hydrogen-bond donors (Lipinski definition) is 1. The molecule has 50 valence electrons. The Kier molecular flexibility index (Phi) is 1.10. The standard InChI is InChI=1S/C7H10O2/c8-4-5-1-2-6-7(3-5)9-6/h1-2,5-8H,3-4H2. The molecule has 2 aliphatic rings. The Labute approximate surface area is 54.1 Å². The summed E-state index contributed by atoms with van der Waals surface area (Å²) in [6, 6.07) is 0. The van der Waals surface area contributed by atoms with Gasteiger partial charge in [0, 0.05) is 12.5 Å². The molecule has 0 bridgehead atoms. The molecule has 1 N–H and O–H groups in total. The van der Waals surface area contributed by atoms with Crippen molar-refractivity contribution in [1.29, 1.82) is 0 Å². The summed E-state index contributed by atoms with van der Waals surface area (Å²) >= 11 is 0. The molecular formula is C7H10O2. The maximum Gasteiger partial charge on any atom is 0.102 e. The van der Waals surface area contributed by atoms with Crippen LogP contribution in [-0.2, 0) is 4.74 Å². The van der Waals surface area contributed by atoms with E-state index < -0.39 is 0 Å². The first-order valence-electron chi connectivity index (χ1n) is 3.35. The molecule has 2 nitrogen and oxygen atoms in total. The molecule has 0 spiro atoms. The van der Waals surface area contributed by atoms with E-state index in [4.69, 9.17) is 9.84 Å². The fourth-order valence-corrected chi connectivity index (χ4v) is 1.29. The van der Waals surface area contributed by atoms with E-state index in [0.29, 0.717) is 18.1 Å². The number of aliphatic hydroxyl groups is 1. The molecule has 1 fully saturated rings. The lowest BCUT2D eigenvalue weighted by Crippen LogP contribution is -2.11. The summed E-state index contributed by atoms with van der Waals surface area (Å²) in [7, 11) is 0. The SMILES string of the molecule is OCC1C=CC2OC2C1. The molecule has 3 atom stereocenters. The summed E-state index contributed by atoms with van der Waals surface area (Å²) in [6.07, 6.45) is 5.95. The Hall–Kier alpha value is -0.340. The molecule has 9 heavy (non-hydrogen) atoms. The summed E-state index contributed by atoms with van der Waals surface area (Å²) in [4.78, 5) is 0. The van der Waals surface area contributed by atoms with Crippen LogP contribution in [0.1, 0.15) is 6.42 Å². The highest BCUT2D eigenvalue weighted by Gasteiger charge is 2.40. The minimum absolute atomic E-state index is 0.267. The highest BCUT2D eigenvalue weighted by atomic mass is 16.6. The Balaban J connectivity index is 2.00. The average molecular weight is 126 g/mol. The number of aliphatic hydroxyl groups excluding tert-OH is 1. The third-order valence-corrected chi connectivity index (χ3v) is 1.96. The van der Waals surface area contributed by atoms with Gasteiger partial charge in [-0.05, 0) is 6.42 Å². The summed E-state index contributed by atoms with van der Waals surface area (Å²) in [5.74, 6) is 0.355. The van der Waals surface area contributed by atoms with Crippen molar-refractivity contribution in [3.05, 3.63) is 12.2 Å². The zero-order valence-corrected chi connectivity index (χ0v) is 5.16. The predicted molar refractivity (Wildman–Crippen MR) is 33.0 cm³/mol. The van der Waals surface area contributed by atoms with Crippen LogP contribution in [0.4, 0.5) is 0 Å². The van der Waals surface area contributed by atoms with Crippen LogP contribution in [0.3, 0.4) is 0 Å². The van der Waals surface area contributed by atoms with Crippen LogP contribution < -0.4 is 0 Å². The van der Waals surface area contributed by atoms with Gasteiger partial charge in [0.25, 0.3) is 0 Å². The number of epoxide rings is 1. The van der Waals surface area contributed by atoms with Crippen LogP contribution in [0.25, 0.3) is 0 Å². The lowest BCUT2D eigenvalue weighted by molar-refractivity contribution is 0.235. The smallest absolute Gasteiger partial charge is 0.102 e. The molecule has 1 saturated heterocycles. The van der Waals surface area contributed by atoms with Crippen molar-refractivity contribution >= 4 is 0 Å². The normalized spacial score (nSPS) is 46.6. The van der Waals surface area contributed by atoms with Gasteiger partial charge in [-0.1, -0.05) is 12.2 Å². The molecule has 3 unspecified atom stereocenters. The van der Waals surface area contributed by atoms with Gasteiger partial charge in [0.05, 0.1) is 6.10 Å². The Morgan fingerprint density at radius 1 is 1.56 bits per heavy atom. The zero-order chi connectivity index (χ0) is 6.27. The molecular weight excluding hydrogens is 116 g/mol. The first-order chi connectivity index (χ1) is 4.40. The fraction of sp³-hybridized carbons (Fsp3) is 0.714. The summed E-state index contributed by atoms with van der Waals surface area (Å²) in [5, 5.41) is 8.72. The Bertz CT molecular complexity index is 142. The molecule has 2 rings (SSSR count). The highest BCUT2D eigenvalue weighted by molar-refractivity contribution is 5.10. The molecule has 0 aromatic heterocycles. The van der Waals surface area contributed by atoms with E-state index >= 15 is 0 Å². The van der Waals surface area contributed by atoms with Gasteiger partial charge >= 0.3 is 0 Å². The van der Waals surface area contributed by atoms with Gasteiger partial charge in [-0.25, -0.2) is 0 Å². The Morgan fingerprint density at radius 2 is 2.44 bits per heavy atom. The van der Waals surface area contributed by atoms with Gasteiger partial charge in [0.15, 0.2) is 0 Å². The van der Waals surface area contributed by atoms with Crippen LogP contribution in [-0.4, -0.2) is 23.9 Å². The van der Waals surface area contributed by atoms with Crippen molar-refractivity contribution in [1.82, 2.24) is 0 Å². The minimum atomic E-state index is 0.267. The van der Waals surface area contributed by atoms with Crippen molar-refractivity contribution in [2.75, 3.05) is 6.61 Å². The molecule has 1 aliphatic carbocycles. The van der Waals surface area contributed by atoms with Crippen molar-refractivity contribution in [2.45, 2.75) is 18.6 Å². The lowest BCUT2D eigenvalue weighted by Gasteiger charge is -2.08. The predicted octanol–water partition coefficient (Wildman–Crippen LogP) is 0.322. The van der Waals surface area contributed by atoms with Crippen LogP contribution in [0.15, 0.2) is 12.2 Å². The molecule has 0 amide bonds. The molecule has 0 aromatic rings. The summed E-state index contributed by atoms with van der Waals surface area (Å²) < 4.78 is 5.21. The zero-order valence-electron chi connectivity index (χ0n) is 5.16. The molecule has 2 heteroatoms. The number of fused-ring (bicyclic) bond motifs is 1. The van der Waals surface area contributed by atoms with Crippen molar-refractivity contribution in [3.8, 4) is 0 Å². The van der Waals surface area contributed by atoms with Gasteiger partial charge in [-0.15, -0.1) is 0 Å². The maximum absolute atomic E-state index is 8.72. The van der Waals surface area contributed by atoms with Gasteiger partial charge in [-0.2, -0.15) is 0 Å². The van der Waals surface area contributed by atoms with Crippen LogP contribution in [0.5, 0.6) is 0 Å². The van der Waals surface area contributed by atoms with Crippen LogP contribution >= 0.6 is 0 Å². The summed E-state index contributed by atoms with van der Waals surface area (Å²) in [5.41, 5.74) is 0. The Morgan fingerprint density at radius 3 is 3.11 bits per heavy atom. The summed E-state index contributed by atoms with van der Waals surface area (Å²) in [6.45, 7) is 0.267. The maximum atomic E-state index is 8.72. The highest BCUT2D eigenvalue weighted by Crippen LogP contribution is 2.34. The van der Waals surface area contributed by atoms with E-state index in [1.807, 2.05) is 6.08 Å². The van der Waals surface area contributed by atoms with Crippen LogP contribution in [0, 0.1) is 5.92 Å². The lowest BCUT2D eigenvalue weighted by atomic mass is 9.97. The van der Waals surface area contributed by atoms with Gasteiger partial charge in [0.2, 0.25) is 0 Å². The van der Waals surface area contributed by atoms with Crippen molar-refractivity contribution < 1.29 is 9.84 Å². The average Bonchev–Trinajstić information content (AvgIpc) is 2.64. The molecule has 1 aliphatic heterocycles. The van der Waals surface area contributed by atoms with E-state index in [1.54, 1.807) is 0 Å². The fourth-order valence-electron chi connectivity index (χ4n) is 1.29. The quantitative estimate of drug-likeness (QED) is 0.405. The van der Waals surface area contributed by atoms with E-state index in [-0.39, 0.29) is 6.61 Å². The van der Waals surface area contributed by atoms with Gasteiger partial charge in [-0.3, -0.25) is 0 Å². The topological polar surface area (TPSA) is 32.8 Å². The second-order valence-electron chi connectivity index (χ2n) is 2.70. The molecule has 1 heterocycles. The third-order valence-electron chi connectivity index (χ3n) is 1.96. The first-order valence-corrected chi connectivity index (χ1v) is 3.35. The molecule has 0 aromatic carbocycles. The van der Waals surface area contributed by atoms with E-state index in [0.717, 1.165) is 6.42 Å². The molecule has 0 radical (unpaired) electrons. The minimum Gasteiger partial charge on any atom is -0.396 e. The molecule has 0 saturated carbocycles. The largest absolute Gasteiger partial charge is 0.396 e. The van der Waals surface area contributed by atoms with E-state index in [1.165, 1.54) is 0 Å². The second kappa shape index (κ2) is 1.82. The van der Waals surface area contributed by atoms with Gasteiger partial charge in [0.1, 0.15) is 6.10 Å². The first kappa shape index (κ1) is 5.45. The van der Waals surface area contributed by atoms with Crippen LogP contribution in [0.2, 0.25) is 0 Å².